The molecular formula is C16H20O. The van der Waals surface area contributed by atoms with Crippen LogP contribution in [0, 0.1) is 0 Å². The number of benzene rings is 2. The molecule has 0 aromatic heterocycles. The Kier molecular flexibility index (Phi) is 5.87. The Bertz CT molecular complexity index is 421. The summed E-state index contributed by atoms with van der Waals surface area (Å²) < 4.78 is 5.80. The first kappa shape index (κ1) is 13.3. The lowest BCUT2D eigenvalue weighted by Crippen LogP contribution is -1.89. The van der Waals surface area contributed by atoms with Gasteiger partial charge in [0.1, 0.15) is 11.5 Å². The third kappa shape index (κ3) is 3.95. The van der Waals surface area contributed by atoms with Crippen LogP contribution in [0.25, 0.3) is 0 Å². The molecule has 0 amide bonds. The maximum absolute atomic E-state index is 5.80. The van der Waals surface area contributed by atoms with E-state index >= 15 is 0 Å². The van der Waals surface area contributed by atoms with Gasteiger partial charge in [0.2, 0.25) is 0 Å². The minimum Gasteiger partial charge on any atom is -0.457 e. The topological polar surface area (TPSA) is 9.23 Å². The zero-order valence-electron chi connectivity index (χ0n) is 10.8. The summed E-state index contributed by atoms with van der Waals surface area (Å²) in [5, 5.41) is 0. The van der Waals surface area contributed by atoms with Crippen LogP contribution in [0.1, 0.15) is 26.3 Å². The van der Waals surface area contributed by atoms with Crippen molar-refractivity contribution in [1.82, 2.24) is 0 Å². The molecule has 1 nitrogen and oxygen atoms in total. The second-order valence-corrected chi connectivity index (χ2v) is 3.38. The molecule has 0 radical (unpaired) electrons. The van der Waals surface area contributed by atoms with Gasteiger partial charge in [0.05, 0.1) is 0 Å². The molecule has 2 aromatic carbocycles. The van der Waals surface area contributed by atoms with Gasteiger partial charge in [-0.05, 0) is 30.2 Å². The van der Waals surface area contributed by atoms with E-state index in [1.807, 2.05) is 62.4 Å². The van der Waals surface area contributed by atoms with Gasteiger partial charge in [-0.1, -0.05) is 57.2 Å². The molecule has 17 heavy (non-hydrogen) atoms. The van der Waals surface area contributed by atoms with Gasteiger partial charge in [0.25, 0.3) is 0 Å². The Morgan fingerprint density at radius 3 is 2.06 bits per heavy atom. The second-order valence-electron chi connectivity index (χ2n) is 3.38. The van der Waals surface area contributed by atoms with Crippen molar-refractivity contribution in [3.8, 4) is 11.5 Å². The summed E-state index contributed by atoms with van der Waals surface area (Å²) in [5.74, 6) is 1.84. The predicted molar refractivity (Wildman–Crippen MR) is 73.7 cm³/mol. The van der Waals surface area contributed by atoms with E-state index in [1.165, 1.54) is 5.56 Å². The number of hydrogen-bond acceptors (Lipinski definition) is 1. The quantitative estimate of drug-likeness (QED) is 0.712. The van der Waals surface area contributed by atoms with Crippen molar-refractivity contribution in [2.75, 3.05) is 0 Å². The van der Waals surface area contributed by atoms with Gasteiger partial charge in [-0.3, -0.25) is 0 Å². The number of aryl methyl sites for hydroxylation is 1. The van der Waals surface area contributed by atoms with Gasteiger partial charge in [-0.2, -0.15) is 0 Å². The zero-order chi connectivity index (χ0) is 12.5. The van der Waals surface area contributed by atoms with Crippen LogP contribution in [0.3, 0.4) is 0 Å². The molecule has 0 N–H and O–H groups in total. The van der Waals surface area contributed by atoms with Crippen molar-refractivity contribution < 1.29 is 4.74 Å². The third-order valence-electron chi connectivity index (χ3n) is 2.32. The van der Waals surface area contributed by atoms with Crippen LogP contribution in [0.15, 0.2) is 54.6 Å². The van der Waals surface area contributed by atoms with E-state index in [-0.39, 0.29) is 0 Å². The fraction of sp³-hybridized carbons (Fsp3) is 0.250. The van der Waals surface area contributed by atoms with E-state index in [0.717, 1.165) is 17.9 Å². The second kappa shape index (κ2) is 7.50. The SMILES string of the molecule is CC.CCc1ccccc1Oc1ccccc1. The van der Waals surface area contributed by atoms with Gasteiger partial charge in [0.15, 0.2) is 0 Å². The monoisotopic (exact) mass is 228 g/mol. The molecule has 0 aliphatic rings. The Hall–Kier alpha value is -1.76. The Morgan fingerprint density at radius 1 is 0.824 bits per heavy atom. The standard InChI is InChI=1S/C14H14O.C2H6/c1-2-12-8-6-7-11-14(12)15-13-9-4-3-5-10-13;1-2/h3-11H,2H2,1H3;1-2H3. The van der Waals surface area contributed by atoms with E-state index in [9.17, 15) is 0 Å². The number of ether oxygens (including phenoxy) is 1. The molecule has 0 saturated carbocycles. The highest BCUT2D eigenvalue weighted by atomic mass is 16.5. The van der Waals surface area contributed by atoms with E-state index < -0.39 is 0 Å². The Balaban J connectivity index is 0.000000686. The first-order valence-electron chi connectivity index (χ1n) is 6.21. The minimum absolute atomic E-state index is 0.887. The van der Waals surface area contributed by atoms with Crippen molar-refractivity contribution in [3.05, 3.63) is 60.2 Å². The third-order valence-corrected chi connectivity index (χ3v) is 2.32. The average Bonchev–Trinajstić information content (AvgIpc) is 2.43. The smallest absolute Gasteiger partial charge is 0.130 e. The highest BCUT2D eigenvalue weighted by Gasteiger charge is 2.01. The van der Waals surface area contributed by atoms with Gasteiger partial charge < -0.3 is 4.74 Å². The summed E-state index contributed by atoms with van der Waals surface area (Å²) in [5.41, 5.74) is 1.24. The molecular weight excluding hydrogens is 208 g/mol. The fourth-order valence-corrected chi connectivity index (χ4v) is 1.51. The van der Waals surface area contributed by atoms with Crippen molar-refractivity contribution >= 4 is 0 Å². The molecule has 1 heteroatoms. The lowest BCUT2D eigenvalue weighted by atomic mass is 10.1. The highest BCUT2D eigenvalue weighted by molar-refractivity contribution is 5.37. The first-order chi connectivity index (χ1) is 8.40. The van der Waals surface area contributed by atoms with E-state index in [4.69, 9.17) is 4.74 Å². The summed E-state index contributed by atoms with van der Waals surface area (Å²) >= 11 is 0. The molecule has 0 fully saturated rings. The van der Waals surface area contributed by atoms with Crippen LogP contribution < -0.4 is 4.74 Å². The van der Waals surface area contributed by atoms with Crippen molar-refractivity contribution in [2.45, 2.75) is 27.2 Å². The van der Waals surface area contributed by atoms with Gasteiger partial charge >= 0.3 is 0 Å². The summed E-state index contributed by atoms with van der Waals surface area (Å²) in [4.78, 5) is 0. The van der Waals surface area contributed by atoms with Crippen LogP contribution in [0.2, 0.25) is 0 Å². The normalized spacial score (nSPS) is 9.12. The molecule has 0 heterocycles. The summed E-state index contributed by atoms with van der Waals surface area (Å²) in [6.45, 7) is 6.13. The minimum atomic E-state index is 0.887. The average molecular weight is 228 g/mol. The maximum Gasteiger partial charge on any atom is 0.130 e. The Morgan fingerprint density at radius 2 is 1.41 bits per heavy atom. The molecule has 0 saturated heterocycles. The lowest BCUT2D eigenvalue weighted by molar-refractivity contribution is 0.477. The number of hydrogen-bond donors (Lipinski definition) is 0. The van der Waals surface area contributed by atoms with Gasteiger partial charge in [0, 0.05) is 0 Å². The van der Waals surface area contributed by atoms with Crippen LogP contribution in [0.4, 0.5) is 0 Å². The van der Waals surface area contributed by atoms with Gasteiger partial charge in [-0.15, -0.1) is 0 Å². The molecule has 0 aliphatic heterocycles. The van der Waals surface area contributed by atoms with Crippen molar-refractivity contribution in [3.63, 3.8) is 0 Å². The summed E-state index contributed by atoms with van der Waals surface area (Å²) in [7, 11) is 0. The lowest BCUT2D eigenvalue weighted by Gasteiger charge is -2.09. The molecule has 2 aromatic rings. The maximum atomic E-state index is 5.80. The molecule has 2 rings (SSSR count). The van der Waals surface area contributed by atoms with Crippen LogP contribution >= 0.6 is 0 Å². The molecule has 0 bridgehead atoms. The highest BCUT2D eigenvalue weighted by Crippen LogP contribution is 2.24. The van der Waals surface area contributed by atoms with Gasteiger partial charge in [-0.25, -0.2) is 0 Å². The van der Waals surface area contributed by atoms with E-state index in [0.29, 0.717) is 0 Å². The van der Waals surface area contributed by atoms with Crippen LogP contribution in [-0.2, 0) is 6.42 Å². The molecule has 0 atom stereocenters. The van der Waals surface area contributed by atoms with Crippen LogP contribution in [-0.4, -0.2) is 0 Å². The first-order valence-corrected chi connectivity index (χ1v) is 6.21. The number of para-hydroxylation sites is 2. The Labute approximate surface area is 104 Å². The van der Waals surface area contributed by atoms with E-state index in [2.05, 4.69) is 13.0 Å². The van der Waals surface area contributed by atoms with E-state index in [1.54, 1.807) is 0 Å². The number of rotatable bonds is 3. The fourth-order valence-electron chi connectivity index (χ4n) is 1.51. The van der Waals surface area contributed by atoms with Crippen molar-refractivity contribution in [2.24, 2.45) is 0 Å². The van der Waals surface area contributed by atoms with Crippen molar-refractivity contribution in [1.29, 1.82) is 0 Å². The molecule has 90 valence electrons. The largest absolute Gasteiger partial charge is 0.457 e. The summed E-state index contributed by atoms with van der Waals surface area (Å²) in [6.07, 6.45) is 0.989. The molecule has 0 unspecified atom stereocenters. The summed E-state index contributed by atoms with van der Waals surface area (Å²) in [6, 6.07) is 18.0. The zero-order valence-corrected chi connectivity index (χ0v) is 10.8. The van der Waals surface area contributed by atoms with Crippen LogP contribution in [0.5, 0.6) is 11.5 Å². The molecule has 0 aliphatic carbocycles. The predicted octanol–water partition coefficient (Wildman–Crippen LogP) is 5.07. The molecule has 0 spiro atoms.